The normalized spacial score (nSPS) is 22.7. The number of carbonyl (C=O) groups is 2. The number of hydrogen-bond donors (Lipinski definition) is 7. The summed E-state index contributed by atoms with van der Waals surface area (Å²) in [5, 5.41) is 71.6. The minimum Gasteiger partial charge on any atom is -0.462 e. The molecule has 1 aliphatic carbocycles. The zero-order valence-electron chi connectivity index (χ0n) is 31.7. The zero-order valence-corrected chi connectivity index (χ0v) is 32.6. The van der Waals surface area contributed by atoms with Crippen LogP contribution in [0.3, 0.4) is 0 Å². The van der Waals surface area contributed by atoms with Gasteiger partial charge in [-0.15, -0.1) is 0 Å². The fraction of sp³-hybridized carbons (Fsp3) is 0.771. The molecule has 21 heteroatoms. The number of aliphatic hydroxyl groups is 5. The van der Waals surface area contributed by atoms with E-state index >= 15 is 0 Å². The number of rotatable bonds is 28. The third-order valence-corrected chi connectivity index (χ3v) is 10.4. The first-order valence-electron chi connectivity index (χ1n) is 19.3. The second-order valence-corrected chi connectivity index (χ2v) is 15.4. The average molecular weight is 821 g/mol. The van der Waals surface area contributed by atoms with E-state index in [4.69, 9.17) is 18.5 Å². The van der Waals surface area contributed by atoms with E-state index in [0.717, 1.165) is 25.7 Å². The number of nitrogens with zero attached hydrogens (tertiary/aromatic N) is 3. The summed E-state index contributed by atoms with van der Waals surface area (Å²) in [7, 11) is -5.18. The van der Waals surface area contributed by atoms with Gasteiger partial charge in [-0.3, -0.25) is 28.8 Å². The lowest BCUT2D eigenvalue weighted by atomic mass is 9.85. The van der Waals surface area contributed by atoms with Crippen LogP contribution in [0.5, 0.6) is 0 Å². The first-order valence-corrected chi connectivity index (χ1v) is 20.8. The van der Waals surface area contributed by atoms with Gasteiger partial charge in [0.2, 0.25) is 5.52 Å². The van der Waals surface area contributed by atoms with Crippen molar-refractivity contribution in [2.75, 3.05) is 25.1 Å². The van der Waals surface area contributed by atoms with Crippen LogP contribution in [0.1, 0.15) is 110 Å². The van der Waals surface area contributed by atoms with Crippen molar-refractivity contribution in [3.63, 3.8) is 0 Å². The monoisotopic (exact) mass is 820 g/mol. The molecule has 1 aliphatic rings. The molecule has 0 aliphatic heterocycles. The molecule has 3 rings (SSSR count). The van der Waals surface area contributed by atoms with Crippen molar-refractivity contribution in [1.29, 1.82) is 0 Å². The minimum atomic E-state index is -5.18. The maximum Gasteiger partial charge on any atom is 0.472 e. The van der Waals surface area contributed by atoms with Gasteiger partial charge >= 0.3 is 25.4 Å². The summed E-state index contributed by atoms with van der Waals surface area (Å²) in [5.74, 6) is -1.30. The topological polar surface area (TPSA) is 304 Å². The molecule has 1 fully saturated rings. The average Bonchev–Trinajstić information content (AvgIpc) is 3.67. The Bertz CT molecular complexity index is 1530. The van der Waals surface area contributed by atoms with Crippen molar-refractivity contribution >= 4 is 42.2 Å². The van der Waals surface area contributed by atoms with Crippen LogP contribution in [0.4, 0.5) is 11.4 Å². The van der Waals surface area contributed by atoms with Crippen LogP contribution in [0.2, 0.25) is 0 Å². The van der Waals surface area contributed by atoms with Gasteiger partial charge in [-0.1, -0.05) is 77.6 Å². The summed E-state index contributed by atoms with van der Waals surface area (Å²) in [6.07, 6.45) is 0.0190. The number of ether oxygens (including phenoxy) is 2. The van der Waals surface area contributed by atoms with Gasteiger partial charge in [-0.25, -0.2) is 9.19 Å². The van der Waals surface area contributed by atoms with Gasteiger partial charge < -0.3 is 45.2 Å². The fourth-order valence-corrected chi connectivity index (χ4v) is 7.15. The summed E-state index contributed by atoms with van der Waals surface area (Å²) in [6.45, 7) is 1.27. The second kappa shape index (κ2) is 24.4. The van der Waals surface area contributed by atoms with E-state index in [1.165, 1.54) is 50.7 Å². The van der Waals surface area contributed by atoms with Gasteiger partial charge in [0, 0.05) is 25.5 Å². The van der Waals surface area contributed by atoms with E-state index in [2.05, 4.69) is 27.2 Å². The summed E-state index contributed by atoms with van der Waals surface area (Å²) in [4.78, 5) is 46.2. The van der Waals surface area contributed by atoms with Crippen LogP contribution in [0, 0.1) is 10.1 Å². The highest BCUT2D eigenvalue weighted by atomic mass is 31.2. The molecular formula is C35H57N4O16P. The SMILES string of the molecule is CCCCCCCCCCCCCC(=O)OC[C@@H](COP(=O)(O)OC1[C@H](O)[C@H](O)C(O)[C@H](O)[C@H]1O)OC(=O)CCCCCNc1ccc([N+](=O)[O-])c2nonc12. The maximum absolute atomic E-state index is 12.8. The molecule has 2 aromatic rings. The van der Waals surface area contributed by atoms with Crippen molar-refractivity contribution in [2.45, 2.75) is 152 Å². The number of non-ortho nitro benzene ring substituents is 1. The lowest BCUT2D eigenvalue weighted by Gasteiger charge is -2.41. The number of aliphatic hydroxyl groups excluding tert-OH is 5. The number of fused-ring (bicyclic) bond motifs is 1. The Hall–Kier alpha value is -3.33. The lowest BCUT2D eigenvalue weighted by Crippen LogP contribution is -2.64. The van der Waals surface area contributed by atoms with E-state index in [1.807, 2.05) is 0 Å². The van der Waals surface area contributed by atoms with Crippen LogP contribution in [-0.4, -0.2) is 120 Å². The highest BCUT2D eigenvalue weighted by Crippen LogP contribution is 2.47. The van der Waals surface area contributed by atoms with Gasteiger partial charge in [0.05, 0.1) is 17.2 Å². The van der Waals surface area contributed by atoms with Crippen LogP contribution in [0.15, 0.2) is 16.8 Å². The molecule has 7 N–H and O–H groups in total. The molecule has 3 unspecified atom stereocenters. The molecule has 0 amide bonds. The van der Waals surface area contributed by atoms with Gasteiger partial charge in [-0.05, 0) is 35.6 Å². The molecule has 0 spiro atoms. The molecule has 0 radical (unpaired) electrons. The number of benzene rings is 1. The first-order chi connectivity index (χ1) is 26.8. The Labute approximate surface area is 324 Å². The van der Waals surface area contributed by atoms with Crippen molar-refractivity contribution in [3.8, 4) is 0 Å². The molecule has 1 aromatic carbocycles. The van der Waals surface area contributed by atoms with Crippen LogP contribution < -0.4 is 5.32 Å². The standard InChI is InChI=1S/C35H57N4O16P/c1-2-3-4-5-6-7-8-9-10-11-13-16-26(40)51-21-23(22-52-56(49,50)54-35-33(45)31(43)30(42)32(44)34(35)46)53-27(41)17-14-12-15-20-36-24-18-19-25(39(47)48)29-28(24)37-55-38-29/h18-19,23,30-36,42-46H,2-17,20-22H2,1H3,(H,49,50)/t23-,30?,31-,32+,33+,34+,35?/m0/s1. The molecule has 8 atom stereocenters. The predicted octanol–water partition coefficient (Wildman–Crippen LogP) is 3.58. The van der Waals surface area contributed by atoms with Crippen molar-refractivity contribution in [3.05, 3.63) is 22.2 Å². The number of phosphoric ester groups is 1. The number of hydrogen-bond acceptors (Lipinski definition) is 18. The lowest BCUT2D eigenvalue weighted by molar-refractivity contribution is -0.383. The highest BCUT2D eigenvalue weighted by molar-refractivity contribution is 7.47. The fourth-order valence-electron chi connectivity index (χ4n) is 6.17. The Kier molecular flexibility index (Phi) is 20.5. The molecule has 318 valence electrons. The Morgan fingerprint density at radius 2 is 1.34 bits per heavy atom. The molecule has 1 saturated carbocycles. The van der Waals surface area contributed by atoms with E-state index in [0.29, 0.717) is 37.9 Å². The summed E-state index contributed by atoms with van der Waals surface area (Å²) < 4.78 is 37.9. The van der Waals surface area contributed by atoms with E-state index in [-0.39, 0.29) is 29.6 Å². The van der Waals surface area contributed by atoms with E-state index in [9.17, 15) is 54.7 Å². The van der Waals surface area contributed by atoms with Crippen molar-refractivity contribution in [1.82, 2.24) is 10.3 Å². The van der Waals surface area contributed by atoms with Gasteiger partial charge in [-0.2, -0.15) is 0 Å². The van der Waals surface area contributed by atoms with Crippen LogP contribution in [-0.2, 0) is 32.7 Å². The summed E-state index contributed by atoms with van der Waals surface area (Å²) in [6, 6.07) is 2.77. The number of unbranched alkanes of at least 4 members (excludes halogenated alkanes) is 12. The maximum atomic E-state index is 12.8. The number of anilines is 1. The van der Waals surface area contributed by atoms with E-state index in [1.54, 1.807) is 0 Å². The smallest absolute Gasteiger partial charge is 0.462 e. The first kappa shape index (κ1) is 47.0. The molecule has 1 aromatic heterocycles. The Morgan fingerprint density at radius 1 is 0.804 bits per heavy atom. The van der Waals surface area contributed by atoms with Gasteiger partial charge in [0.25, 0.3) is 0 Å². The molecule has 0 saturated heterocycles. The number of phosphoric acid groups is 1. The molecule has 20 nitrogen and oxygen atoms in total. The number of nitro groups is 1. The predicted molar refractivity (Wildman–Crippen MR) is 198 cm³/mol. The molecular weight excluding hydrogens is 763 g/mol. The largest absolute Gasteiger partial charge is 0.472 e. The van der Waals surface area contributed by atoms with Crippen molar-refractivity contribution < 1.29 is 72.7 Å². The zero-order chi connectivity index (χ0) is 41.1. The quantitative estimate of drug-likeness (QED) is 0.0212. The van der Waals surface area contributed by atoms with Crippen LogP contribution >= 0.6 is 7.82 Å². The molecule has 56 heavy (non-hydrogen) atoms. The number of nitrogens with one attached hydrogen (secondary N) is 1. The van der Waals surface area contributed by atoms with Crippen LogP contribution in [0.25, 0.3) is 11.0 Å². The van der Waals surface area contributed by atoms with Gasteiger partial charge in [0.15, 0.2) is 11.6 Å². The minimum absolute atomic E-state index is 0.00626. The summed E-state index contributed by atoms with van der Waals surface area (Å²) >= 11 is 0. The number of esters is 2. The highest BCUT2D eigenvalue weighted by Gasteiger charge is 2.51. The molecule has 0 bridgehead atoms. The number of carbonyl (C=O) groups excluding carboxylic acids is 2. The van der Waals surface area contributed by atoms with Gasteiger partial charge in [0.1, 0.15) is 43.2 Å². The number of aromatic nitrogens is 2. The third-order valence-electron chi connectivity index (χ3n) is 9.43. The number of nitro benzene ring substituents is 1. The summed E-state index contributed by atoms with van der Waals surface area (Å²) in [5.41, 5.74) is 0.444. The Balaban J connectivity index is 1.45. The Morgan fingerprint density at radius 3 is 1.95 bits per heavy atom. The van der Waals surface area contributed by atoms with Crippen molar-refractivity contribution in [2.24, 2.45) is 0 Å². The second-order valence-electron chi connectivity index (χ2n) is 14.0. The third kappa shape index (κ3) is 15.5. The molecule has 1 heterocycles. The van der Waals surface area contributed by atoms with E-state index < -0.39 is 80.6 Å².